The molecule has 0 amide bonds. The molecule has 5 rings (SSSR count). The molecule has 8 nitrogen and oxygen atoms in total. The number of phenols is 1. The van der Waals surface area contributed by atoms with Gasteiger partial charge in [-0.2, -0.15) is 0 Å². The summed E-state index contributed by atoms with van der Waals surface area (Å²) in [5.74, 6) is -3.28. The third-order valence-electron chi connectivity index (χ3n) is 8.96. The van der Waals surface area contributed by atoms with Gasteiger partial charge in [0.05, 0.1) is 12.2 Å². The number of aryl methyl sites for hydroxylation is 1. The van der Waals surface area contributed by atoms with Crippen molar-refractivity contribution in [3.05, 3.63) is 63.9 Å². The molecule has 1 fully saturated rings. The number of hydrogen-bond donors (Lipinski definition) is 4. The zero-order chi connectivity index (χ0) is 29.4. The molecule has 3 aliphatic carbocycles. The maximum absolute atomic E-state index is 14.1. The van der Waals surface area contributed by atoms with E-state index >= 15 is 0 Å². The largest absolute Gasteiger partial charge is 0.508 e. The van der Waals surface area contributed by atoms with Gasteiger partial charge in [0.15, 0.2) is 17.2 Å². The van der Waals surface area contributed by atoms with Gasteiger partial charge in [0.1, 0.15) is 28.6 Å². The maximum atomic E-state index is 14.1. The number of ether oxygens (including phenoxy) is 1. The number of hydrogen-bond acceptors (Lipinski definition) is 8. The second-order valence-electron chi connectivity index (χ2n) is 11.7. The van der Waals surface area contributed by atoms with Gasteiger partial charge in [0, 0.05) is 22.8 Å². The Morgan fingerprint density at radius 2 is 1.73 bits per heavy atom. The molecule has 0 unspecified atom stereocenters. The Balaban J connectivity index is 1.74. The van der Waals surface area contributed by atoms with Crippen LogP contribution in [-0.4, -0.2) is 50.0 Å². The predicted octanol–water partition coefficient (Wildman–Crippen LogP) is 4.94. The summed E-state index contributed by atoms with van der Waals surface area (Å²) < 4.78 is 5.76. The highest BCUT2D eigenvalue weighted by atomic mass is 16.5. The molecular formula is C32H34O8. The number of carbonyl (C=O) groups is 3. The summed E-state index contributed by atoms with van der Waals surface area (Å²) in [7, 11) is 0. The van der Waals surface area contributed by atoms with E-state index in [2.05, 4.69) is 0 Å². The normalized spacial score (nSPS) is 27.8. The molecule has 3 atom stereocenters. The minimum atomic E-state index is -2.58. The minimum absolute atomic E-state index is 0.0562. The van der Waals surface area contributed by atoms with Crippen LogP contribution in [0.1, 0.15) is 64.2 Å². The van der Waals surface area contributed by atoms with E-state index in [1.807, 2.05) is 32.0 Å². The van der Waals surface area contributed by atoms with Crippen molar-refractivity contribution in [1.29, 1.82) is 0 Å². The molecule has 0 bridgehead atoms. The SMILES string of the molecule is CCOc1ccc(-c2ccc(O)c3c2C[C@@]2(C)C[C@@]4(C)CC(=O)C(C(C)=O)=C(O)[C@@]4(O)C(=O)C2=C3O)cc1CC. The fourth-order valence-electron chi connectivity index (χ4n) is 7.24. The van der Waals surface area contributed by atoms with Crippen LogP contribution in [-0.2, 0) is 27.2 Å². The predicted molar refractivity (Wildman–Crippen MR) is 148 cm³/mol. The molecule has 1 saturated carbocycles. The third kappa shape index (κ3) is 3.58. The second-order valence-corrected chi connectivity index (χ2v) is 11.7. The van der Waals surface area contributed by atoms with Crippen LogP contribution in [0.5, 0.6) is 11.5 Å². The molecule has 0 heterocycles. The van der Waals surface area contributed by atoms with Gasteiger partial charge >= 0.3 is 0 Å². The van der Waals surface area contributed by atoms with Crippen molar-refractivity contribution >= 4 is 23.1 Å². The van der Waals surface area contributed by atoms with E-state index in [1.165, 1.54) is 6.07 Å². The summed E-state index contributed by atoms with van der Waals surface area (Å²) in [5.41, 5.74) is -2.49. The number of aromatic hydroxyl groups is 1. The van der Waals surface area contributed by atoms with Crippen molar-refractivity contribution in [1.82, 2.24) is 0 Å². The van der Waals surface area contributed by atoms with Gasteiger partial charge in [-0.15, -0.1) is 0 Å². The van der Waals surface area contributed by atoms with E-state index in [1.54, 1.807) is 19.9 Å². The first kappa shape index (κ1) is 27.6. The van der Waals surface area contributed by atoms with Gasteiger partial charge in [0.2, 0.25) is 5.78 Å². The molecule has 2 aromatic carbocycles. The summed E-state index contributed by atoms with van der Waals surface area (Å²) in [5, 5.41) is 45.3. The first-order valence-electron chi connectivity index (χ1n) is 13.5. The van der Waals surface area contributed by atoms with Gasteiger partial charge in [-0.3, -0.25) is 14.4 Å². The highest BCUT2D eigenvalue weighted by Gasteiger charge is 2.68. The average molecular weight is 547 g/mol. The Labute approximate surface area is 232 Å². The first-order valence-corrected chi connectivity index (χ1v) is 13.5. The second kappa shape index (κ2) is 9.06. The molecule has 3 aliphatic rings. The van der Waals surface area contributed by atoms with Crippen molar-refractivity contribution in [3.8, 4) is 22.6 Å². The molecule has 0 aromatic heterocycles. The monoisotopic (exact) mass is 546 g/mol. The lowest BCUT2D eigenvalue weighted by atomic mass is 9.47. The van der Waals surface area contributed by atoms with Crippen LogP contribution >= 0.6 is 0 Å². The van der Waals surface area contributed by atoms with Crippen molar-refractivity contribution in [2.45, 2.75) is 65.9 Å². The van der Waals surface area contributed by atoms with Crippen molar-refractivity contribution in [2.24, 2.45) is 10.8 Å². The summed E-state index contributed by atoms with van der Waals surface area (Å²) in [6.45, 7) is 8.89. The molecule has 8 heteroatoms. The van der Waals surface area contributed by atoms with E-state index in [9.17, 15) is 34.8 Å². The van der Waals surface area contributed by atoms with E-state index in [-0.39, 0.29) is 36.1 Å². The number of phenolic OH excluding ortho intramolecular Hbond substituents is 1. The Morgan fingerprint density at radius 3 is 2.35 bits per heavy atom. The number of fused-ring (bicyclic) bond motifs is 3. The third-order valence-corrected chi connectivity index (χ3v) is 8.96. The Morgan fingerprint density at radius 1 is 1.02 bits per heavy atom. The average Bonchev–Trinajstić information content (AvgIpc) is 2.86. The van der Waals surface area contributed by atoms with Gasteiger partial charge in [-0.05, 0) is 73.6 Å². The number of aliphatic hydroxyl groups excluding tert-OH is 2. The van der Waals surface area contributed by atoms with Gasteiger partial charge < -0.3 is 25.2 Å². The zero-order valence-electron chi connectivity index (χ0n) is 23.3. The van der Waals surface area contributed by atoms with E-state index in [0.717, 1.165) is 35.8 Å². The molecule has 40 heavy (non-hydrogen) atoms. The van der Waals surface area contributed by atoms with E-state index in [0.29, 0.717) is 12.2 Å². The van der Waals surface area contributed by atoms with Crippen LogP contribution in [0.3, 0.4) is 0 Å². The van der Waals surface area contributed by atoms with Crippen molar-refractivity contribution in [3.63, 3.8) is 0 Å². The number of Topliss-reactive ketones (excluding diaryl/α,β-unsaturated/α-hetero) is 3. The van der Waals surface area contributed by atoms with Crippen LogP contribution < -0.4 is 4.74 Å². The summed E-state index contributed by atoms with van der Waals surface area (Å²) in [4.78, 5) is 39.2. The molecule has 0 spiro atoms. The van der Waals surface area contributed by atoms with E-state index in [4.69, 9.17) is 4.74 Å². The topological polar surface area (TPSA) is 141 Å². The van der Waals surface area contributed by atoms with Gasteiger partial charge in [-0.1, -0.05) is 32.9 Å². The smallest absolute Gasteiger partial charge is 0.203 e. The summed E-state index contributed by atoms with van der Waals surface area (Å²) in [6.07, 6.45) is 0.682. The molecule has 0 saturated heterocycles. The number of rotatable bonds is 5. The minimum Gasteiger partial charge on any atom is -0.508 e. The summed E-state index contributed by atoms with van der Waals surface area (Å²) in [6, 6.07) is 9.03. The highest BCUT2D eigenvalue weighted by molar-refractivity contribution is 6.23. The van der Waals surface area contributed by atoms with Crippen molar-refractivity contribution < 1.29 is 39.5 Å². The molecule has 210 valence electrons. The Kier molecular flexibility index (Phi) is 6.26. The molecule has 0 radical (unpaired) electrons. The Hall–Kier alpha value is -3.91. The number of aliphatic hydroxyl groups is 3. The van der Waals surface area contributed by atoms with E-state index < -0.39 is 50.9 Å². The number of allylic oxidation sites excluding steroid dienone is 1. The lowest BCUT2D eigenvalue weighted by molar-refractivity contribution is -0.164. The number of ketones is 3. The van der Waals surface area contributed by atoms with Crippen LogP contribution in [0.15, 0.2) is 47.2 Å². The lowest BCUT2D eigenvalue weighted by Crippen LogP contribution is -2.65. The number of benzene rings is 2. The Bertz CT molecular complexity index is 1560. The van der Waals surface area contributed by atoms with Crippen LogP contribution in [0.4, 0.5) is 0 Å². The molecule has 0 aliphatic heterocycles. The molecule has 4 N–H and O–H groups in total. The van der Waals surface area contributed by atoms with Crippen molar-refractivity contribution in [2.75, 3.05) is 6.61 Å². The quantitative estimate of drug-likeness (QED) is 0.387. The fraction of sp³-hybridized carbons (Fsp3) is 0.406. The standard InChI is InChI=1S/C32H34O8/c1-6-17-12-18(8-11-23(17)40-7-2)19-9-10-21(34)25-20(19)13-30(4)15-31(5)14-22(35)24(16(3)33)28(37)32(31,39)29(38)26(30)27(25)36/h8-12,34,36-37,39H,6-7,13-15H2,1-5H3/t30-,31+,32+/m0/s1. The maximum Gasteiger partial charge on any atom is 0.203 e. The van der Waals surface area contributed by atoms with Crippen LogP contribution in [0.25, 0.3) is 16.9 Å². The fourth-order valence-corrected chi connectivity index (χ4v) is 7.24. The van der Waals surface area contributed by atoms with Gasteiger partial charge in [-0.25, -0.2) is 0 Å². The van der Waals surface area contributed by atoms with Crippen LogP contribution in [0, 0.1) is 10.8 Å². The zero-order valence-corrected chi connectivity index (χ0v) is 23.3. The molecular weight excluding hydrogens is 512 g/mol. The highest BCUT2D eigenvalue weighted by Crippen LogP contribution is 2.63. The van der Waals surface area contributed by atoms with Crippen LogP contribution in [0.2, 0.25) is 0 Å². The first-order chi connectivity index (χ1) is 18.7. The summed E-state index contributed by atoms with van der Waals surface area (Å²) >= 11 is 0. The number of carbonyl (C=O) groups excluding carboxylic acids is 3. The van der Waals surface area contributed by atoms with Gasteiger partial charge in [0.25, 0.3) is 0 Å². The molecule has 2 aromatic rings. The lowest BCUT2D eigenvalue weighted by Gasteiger charge is -2.56.